The van der Waals surface area contributed by atoms with Crippen LogP contribution in [0.15, 0.2) is 79.4 Å². The van der Waals surface area contributed by atoms with E-state index in [1.165, 1.54) is 29.5 Å². The zero-order valence-corrected chi connectivity index (χ0v) is 15.6. The van der Waals surface area contributed by atoms with Crippen molar-refractivity contribution in [2.45, 2.75) is 25.2 Å². The minimum Gasteiger partial charge on any atom is -0.438 e. The first-order chi connectivity index (χ1) is 13.7. The maximum atomic E-state index is 5.86. The van der Waals surface area contributed by atoms with Gasteiger partial charge in [0.2, 0.25) is 5.88 Å². The van der Waals surface area contributed by atoms with Crippen molar-refractivity contribution < 1.29 is 4.74 Å². The van der Waals surface area contributed by atoms with Gasteiger partial charge in [-0.05, 0) is 49.1 Å². The Morgan fingerprint density at radius 1 is 0.893 bits per heavy atom. The molecule has 2 aromatic carbocycles. The van der Waals surface area contributed by atoms with E-state index < -0.39 is 0 Å². The van der Waals surface area contributed by atoms with Gasteiger partial charge in [0, 0.05) is 17.8 Å². The smallest absolute Gasteiger partial charge is 0.237 e. The van der Waals surface area contributed by atoms with Crippen molar-refractivity contribution in [1.82, 2.24) is 19.7 Å². The van der Waals surface area contributed by atoms with Crippen molar-refractivity contribution in [3.8, 4) is 17.4 Å². The molecule has 0 N–H and O–H groups in total. The Bertz CT molecular complexity index is 1070. The zero-order chi connectivity index (χ0) is 19.0. The van der Waals surface area contributed by atoms with E-state index in [1.807, 2.05) is 24.4 Å². The van der Waals surface area contributed by atoms with Crippen LogP contribution < -0.4 is 4.74 Å². The highest BCUT2D eigenvalue weighted by atomic mass is 16.5. The molecule has 0 atom stereocenters. The third kappa shape index (κ3) is 3.05. The van der Waals surface area contributed by atoms with E-state index in [-0.39, 0.29) is 5.41 Å². The van der Waals surface area contributed by atoms with E-state index in [0.717, 1.165) is 5.75 Å². The molecule has 1 fully saturated rings. The van der Waals surface area contributed by atoms with Crippen molar-refractivity contribution >= 4 is 0 Å². The summed E-state index contributed by atoms with van der Waals surface area (Å²) in [4.78, 5) is 8.67. The van der Waals surface area contributed by atoms with Crippen LogP contribution in [0.3, 0.4) is 0 Å². The molecule has 5 rings (SSSR count). The normalized spacial score (nSPS) is 14.6. The Morgan fingerprint density at radius 2 is 1.61 bits per heavy atom. The van der Waals surface area contributed by atoms with Crippen molar-refractivity contribution in [3.05, 3.63) is 96.1 Å². The first-order valence-corrected chi connectivity index (χ1v) is 9.41. The summed E-state index contributed by atoms with van der Waals surface area (Å²) in [5, 5.41) is 4.14. The van der Waals surface area contributed by atoms with E-state index in [4.69, 9.17) is 4.74 Å². The molecular formula is C23H20N4O. The molecule has 0 amide bonds. The first-order valence-electron chi connectivity index (χ1n) is 9.41. The molecule has 1 aliphatic rings. The summed E-state index contributed by atoms with van der Waals surface area (Å²) in [6.45, 7) is 2.12. The standard InChI is InChI=1S/C23H20N4O/c1-17-3-5-18(6-4-17)23(11-12-23)19-7-9-20(10-8-19)28-22-16-24-21(15-25-22)27-14-2-13-26-27/h2-10,13-16H,11-12H2,1H3. The highest BCUT2D eigenvalue weighted by Gasteiger charge is 2.45. The van der Waals surface area contributed by atoms with Crippen LogP contribution in [0.5, 0.6) is 11.6 Å². The van der Waals surface area contributed by atoms with E-state index in [1.54, 1.807) is 23.3 Å². The molecule has 2 aromatic heterocycles. The molecule has 0 saturated heterocycles. The van der Waals surface area contributed by atoms with E-state index in [9.17, 15) is 0 Å². The lowest BCUT2D eigenvalue weighted by molar-refractivity contribution is 0.459. The van der Waals surface area contributed by atoms with Crippen LogP contribution >= 0.6 is 0 Å². The van der Waals surface area contributed by atoms with Gasteiger partial charge in [-0.15, -0.1) is 0 Å². The fraction of sp³-hybridized carbons (Fsp3) is 0.174. The van der Waals surface area contributed by atoms with Crippen LogP contribution in [0.1, 0.15) is 29.5 Å². The Balaban J connectivity index is 1.32. The summed E-state index contributed by atoms with van der Waals surface area (Å²) >= 11 is 0. The summed E-state index contributed by atoms with van der Waals surface area (Å²) < 4.78 is 7.52. The summed E-state index contributed by atoms with van der Waals surface area (Å²) in [5.74, 6) is 1.87. The minimum atomic E-state index is 0.164. The van der Waals surface area contributed by atoms with Gasteiger partial charge >= 0.3 is 0 Å². The number of hydrogen-bond acceptors (Lipinski definition) is 4. The molecule has 28 heavy (non-hydrogen) atoms. The first kappa shape index (κ1) is 16.7. The van der Waals surface area contributed by atoms with Crippen molar-refractivity contribution in [2.75, 3.05) is 0 Å². The van der Waals surface area contributed by atoms with Gasteiger partial charge in [0.1, 0.15) is 5.75 Å². The van der Waals surface area contributed by atoms with Gasteiger partial charge in [0.15, 0.2) is 5.82 Å². The van der Waals surface area contributed by atoms with Crippen molar-refractivity contribution in [3.63, 3.8) is 0 Å². The number of benzene rings is 2. The van der Waals surface area contributed by atoms with Gasteiger partial charge in [0.05, 0.1) is 12.4 Å². The Morgan fingerprint density at radius 3 is 2.18 bits per heavy atom. The molecule has 1 saturated carbocycles. The van der Waals surface area contributed by atoms with E-state index in [0.29, 0.717) is 11.7 Å². The number of ether oxygens (including phenoxy) is 1. The molecule has 0 spiro atoms. The minimum absolute atomic E-state index is 0.164. The Labute approximate surface area is 163 Å². The average Bonchev–Trinajstić information content (AvgIpc) is 3.35. The predicted octanol–water partition coefficient (Wildman–Crippen LogP) is 4.84. The number of aromatic nitrogens is 4. The molecule has 5 nitrogen and oxygen atoms in total. The molecule has 0 bridgehead atoms. The van der Waals surface area contributed by atoms with Crippen LogP contribution in [-0.4, -0.2) is 19.7 Å². The van der Waals surface area contributed by atoms with Gasteiger partial charge in [-0.1, -0.05) is 42.0 Å². The zero-order valence-electron chi connectivity index (χ0n) is 15.6. The number of rotatable bonds is 5. The van der Waals surface area contributed by atoms with Gasteiger partial charge in [-0.3, -0.25) is 0 Å². The fourth-order valence-corrected chi connectivity index (χ4v) is 3.59. The molecule has 0 unspecified atom stereocenters. The topological polar surface area (TPSA) is 52.8 Å². The molecule has 138 valence electrons. The monoisotopic (exact) mass is 368 g/mol. The lowest BCUT2D eigenvalue weighted by atomic mass is 9.88. The highest BCUT2D eigenvalue weighted by molar-refractivity contribution is 5.47. The third-order valence-corrected chi connectivity index (χ3v) is 5.34. The van der Waals surface area contributed by atoms with Crippen molar-refractivity contribution in [2.24, 2.45) is 0 Å². The maximum absolute atomic E-state index is 5.86. The second-order valence-electron chi connectivity index (χ2n) is 7.24. The Hall–Kier alpha value is -3.47. The van der Waals surface area contributed by atoms with Crippen LogP contribution in [-0.2, 0) is 5.41 Å². The summed E-state index contributed by atoms with van der Waals surface area (Å²) in [7, 11) is 0. The van der Waals surface area contributed by atoms with Crippen LogP contribution in [0, 0.1) is 6.92 Å². The molecule has 5 heteroatoms. The van der Waals surface area contributed by atoms with Gasteiger partial charge < -0.3 is 4.74 Å². The largest absolute Gasteiger partial charge is 0.438 e. The third-order valence-electron chi connectivity index (χ3n) is 5.34. The van der Waals surface area contributed by atoms with Gasteiger partial charge in [0.25, 0.3) is 0 Å². The highest BCUT2D eigenvalue weighted by Crippen LogP contribution is 2.53. The molecule has 2 heterocycles. The molecule has 4 aromatic rings. The van der Waals surface area contributed by atoms with E-state index >= 15 is 0 Å². The molecule has 1 aliphatic carbocycles. The molecule has 0 aliphatic heterocycles. The SMILES string of the molecule is Cc1ccc(C2(c3ccc(Oc4cnc(-n5cccn5)cn4)cc3)CC2)cc1. The van der Waals surface area contributed by atoms with Gasteiger partial charge in [-0.2, -0.15) is 5.10 Å². The number of nitrogens with zero attached hydrogens (tertiary/aromatic N) is 4. The van der Waals surface area contributed by atoms with Crippen molar-refractivity contribution in [1.29, 1.82) is 0 Å². The van der Waals surface area contributed by atoms with Crippen LogP contribution in [0.2, 0.25) is 0 Å². The summed E-state index contributed by atoms with van der Waals surface area (Å²) in [5.41, 5.74) is 4.19. The Kier molecular flexibility index (Phi) is 3.93. The summed E-state index contributed by atoms with van der Waals surface area (Å²) in [6, 6.07) is 19.1. The molecular weight excluding hydrogens is 348 g/mol. The lowest BCUT2D eigenvalue weighted by Crippen LogP contribution is -2.08. The van der Waals surface area contributed by atoms with Crippen LogP contribution in [0.4, 0.5) is 0 Å². The second-order valence-corrected chi connectivity index (χ2v) is 7.24. The van der Waals surface area contributed by atoms with Gasteiger partial charge in [-0.25, -0.2) is 14.6 Å². The number of hydrogen-bond donors (Lipinski definition) is 0. The molecule has 0 radical (unpaired) electrons. The summed E-state index contributed by atoms with van der Waals surface area (Å²) in [6.07, 6.45) is 9.17. The lowest BCUT2D eigenvalue weighted by Gasteiger charge is -2.17. The quantitative estimate of drug-likeness (QED) is 0.506. The van der Waals surface area contributed by atoms with E-state index in [2.05, 4.69) is 58.4 Å². The predicted molar refractivity (Wildman–Crippen MR) is 107 cm³/mol. The maximum Gasteiger partial charge on any atom is 0.237 e. The average molecular weight is 368 g/mol. The van der Waals surface area contributed by atoms with Crippen LogP contribution in [0.25, 0.3) is 5.82 Å². The second kappa shape index (κ2) is 6.60. The fourth-order valence-electron chi connectivity index (χ4n) is 3.59. The number of aryl methyl sites for hydroxylation is 1.